The number of imidazole rings is 1. The fourth-order valence-corrected chi connectivity index (χ4v) is 4.54. The van der Waals surface area contributed by atoms with Gasteiger partial charge in [0, 0.05) is 6.54 Å². The number of benzene rings is 4. The summed E-state index contributed by atoms with van der Waals surface area (Å²) in [6.45, 7) is 4.85. The van der Waals surface area contributed by atoms with Crippen LogP contribution in [0, 0.1) is 6.92 Å². The number of hydrogen-bond donors (Lipinski definition) is 1. The summed E-state index contributed by atoms with van der Waals surface area (Å²) in [5, 5.41) is 3.17. The number of fused-ring (bicyclic) bond motifs is 1. The molecule has 1 aromatic heterocycles. The van der Waals surface area contributed by atoms with Gasteiger partial charge in [-0.25, -0.2) is 4.98 Å². The van der Waals surface area contributed by atoms with Crippen LogP contribution >= 0.6 is 0 Å². The molecule has 174 valence electrons. The minimum atomic E-state index is -0.220. The highest BCUT2D eigenvalue weighted by molar-refractivity contribution is 5.80. The highest BCUT2D eigenvalue weighted by atomic mass is 16.1. The van der Waals surface area contributed by atoms with E-state index < -0.39 is 0 Å². The number of aromatic nitrogens is 2. The number of aryl methyl sites for hydroxylation is 1. The lowest BCUT2D eigenvalue weighted by atomic mass is 10.0. The predicted molar refractivity (Wildman–Crippen MR) is 142 cm³/mol. The Morgan fingerprint density at radius 3 is 2.26 bits per heavy atom. The summed E-state index contributed by atoms with van der Waals surface area (Å²) in [5.74, 6) is 0.849. The smallest absolute Gasteiger partial charge is 0.224 e. The van der Waals surface area contributed by atoms with Gasteiger partial charge >= 0.3 is 0 Å². The normalized spacial score (nSPS) is 11.9. The predicted octanol–water partition coefficient (Wildman–Crippen LogP) is 6.48. The maximum Gasteiger partial charge on any atom is 0.224 e. The molecule has 0 fully saturated rings. The fraction of sp³-hybridized carbons (Fsp3) is 0.161. The summed E-state index contributed by atoms with van der Waals surface area (Å²) in [5.41, 5.74) is 7.80. The zero-order chi connectivity index (χ0) is 24.2. The van der Waals surface area contributed by atoms with Crippen molar-refractivity contribution in [2.24, 2.45) is 0 Å². The second-order valence-electron chi connectivity index (χ2n) is 9.00. The van der Waals surface area contributed by atoms with Gasteiger partial charge in [-0.3, -0.25) is 4.79 Å². The molecular formula is C31H29N3O. The van der Waals surface area contributed by atoms with Gasteiger partial charge in [0.05, 0.1) is 23.5 Å². The summed E-state index contributed by atoms with van der Waals surface area (Å²) >= 11 is 0. The Morgan fingerprint density at radius 1 is 0.829 bits per heavy atom. The number of hydrogen-bond acceptors (Lipinski definition) is 2. The van der Waals surface area contributed by atoms with Crippen molar-refractivity contribution in [2.45, 2.75) is 32.9 Å². The molecule has 1 amide bonds. The van der Waals surface area contributed by atoms with Crippen molar-refractivity contribution >= 4 is 16.9 Å². The van der Waals surface area contributed by atoms with Crippen LogP contribution in [0.1, 0.15) is 35.5 Å². The molecule has 35 heavy (non-hydrogen) atoms. The Morgan fingerprint density at radius 2 is 1.49 bits per heavy atom. The number of amides is 1. The first-order valence-corrected chi connectivity index (χ1v) is 12.0. The first kappa shape index (κ1) is 22.6. The molecule has 0 bridgehead atoms. The lowest BCUT2D eigenvalue weighted by Crippen LogP contribution is -2.30. The van der Waals surface area contributed by atoms with Crippen LogP contribution in [0.2, 0.25) is 0 Å². The number of rotatable bonds is 7. The quantitative estimate of drug-likeness (QED) is 0.303. The van der Waals surface area contributed by atoms with Crippen molar-refractivity contribution in [2.75, 3.05) is 0 Å². The molecule has 1 atom stereocenters. The molecule has 4 nitrogen and oxygen atoms in total. The van der Waals surface area contributed by atoms with Crippen molar-refractivity contribution in [3.8, 4) is 11.1 Å². The standard InChI is InChI=1S/C31H29N3O/c1-22-10-6-7-13-27(22)21-34-29-15-9-8-14-28(29)33-31(34)23(2)32-30(35)20-24-16-18-26(19-17-24)25-11-4-3-5-12-25/h3-19,23H,20-21H2,1-2H3,(H,32,35). The first-order chi connectivity index (χ1) is 17.1. The van der Waals surface area contributed by atoms with E-state index in [1.165, 1.54) is 16.7 Å². The monoisotopic (exact) mass is 459 g/mol. The van der Waals surface area contributed by atoms with Gasteiger partial charge in [-0.15, -0.1) is 0 Å². The Kier molecular flexibility index (Phi) is 6.44. The van der Waals surface area contributed by atoms with E-state index in [1.807, 2.05) is 55.5 Å². The Labute approximate surface area is 206 Å². The van der Waals surface area contributed by atoms with Gasteiger partial charge < -0.3 is 9.88 Å². The average molecular weight is 460 g/mol. The van der Waals surface area contributed by atoms with Crippen LogP contribution in [-0.4, -0.2) is 15.5 Å². The highest BCUT2D eigenvalue weighted by Crippen LogP contribution is 2.24. The van der Waals surface area contributed by atoms with Crippen LogP contribution in [0.4, 0.5) is 0 Å². The van der Waals surface area contributed by atoms with Gasteiger partial charge in [0.2, 0.25) is 5.91 Å². The second kappa shape index (κ2) is 9.98. The minimum absolute atomic E-state index is 0.0144. The summed E-state index contributed by atoms with van der Waals surface area (Å²) in [4.78, 5) is 17.8. The van der Waals surface area contributed by atoms with Crippen LogP contribution in [0.5, 0.6) is 0 Å². The van der Waals surface area contributed by atoms with E-state index in [0.717, 1.165) is 28.0 Å². The molecule has 0 radical (unpaired) electrons. The Bertz CT molecular complexity index is 1450. The van der Waals surface area contributed by atoms with E-state index in [9.17, 15) is 4.79 Å². The van der Waals surface area contributed by atoms with E-state index in [1.54, 1.807) is 0 Å². The van der Waals surface area contributed by atoms with Crippen molar-refractivity contribution < 1.29 is 4.79 Å². The largest absolute Gasteiger partial charge is 0.346 e. The van der Waals surface area contributed by atoms with E-state index in [4.69, 9.17) is 4.98 Å². The molecule has 5 aromatic rings. The van der Waals surface area contributed by atoms with Crippen molar-refractivity contribution in [1.82, 2.24) is 14.9 Å². The van der Waals surface area contributed by atoms with E-state index in [0.29, 0.717) is 13.0 Å². The number of nitrogens with one attached hydrogen (secondary N) is 1. The summed E-state index contributed by atoms with van der Waals surface area (Å²) < 4.78 is 2.22. The Balaban J connectivity index is 1.33. The van der Waals surface area contributed by atoms with Gasteiger partial charge in [0.1, 0.15) is 5.82 Å². The maximum absolute atomic E-state index is 12.9. The van der Waals surface area contributed by atoms with Crippen LogP contribution in [0.25, 0.3) is 22.2 Å². The van der Waals surface area contributed by atoms with Gasteiger partial charge in [0.25, 0.3) is 0 Å². The van der Waals surface area contributed by atoms with Crippen LogP contribution in [0.3, 0.4) is 0 Å². The first-order valence-electron chi connectivity index (χ1n) is 12.0. The molecule has 0 aliphatic carbocycles. The van der Waals surface area contributed by atoms with E-state index >= 15 is 0 Å². The van der Waals surface area contributed by atoms with Gasteiger partial charge in [-0.05, 0) is 53.8 Å². The molecule has 5 rings (SSSR count). The Hall–Kier alpha value is -4.18. The van der Waals surface area contributed by atoms with Gasteiger partial charge in [-0.2, -0.15) is 0 Å². The zero-order valence-corrected chi connectivity index (χ0v) is 20.1. The number of nitrogens with zero attached hydrogens (tertiary/aromatic N) is 2. The van der Waals surface area contributed by atoms with Crippen molar-refractivity contribution in [3.05, 3.63) is 126 Å². The van der Waals surface area contributed by atoms with E-state index in [2.05, 4.69) is 71.4 Å². The molecule has 1 unspecified atom stereocenters. The van der Waals surface area contributed by atoms with Crippen LogP contribution in [-0.2, 0) is 17.8 Å². The maximum atomic E-state index is 12.9. The molecule has 1 heterocycles. The second-order valence-corrected chi connectivity index (χ2v) is 9.00. The molecule has 4 aromatic carbocycles. The minimum Gasteiger partial charge on any atom is -0.346 e. The molecule has 0 saturated heterocycles. The fourth-order valence-electron chi connectivity index (χ4n) is 4.54. The zero-order valence-electron chi connectivity index (χ0n) is 20.1. The summed E-state index contributed by atoms with van der Waals surface area (Å²) in [7, 11) is 0. The van der Waals surface area contributed by atoms with Crippen LogP contribution < -0.4 is 5.32 Å². The molecule has 0 saturated carbocycles. The topological polar surface area (TPSA) is 46.9 Å². The summed E-state index contributed by atoms with van der Waals surface area (Å²) in [6, 6.07) is 34.8. The third kappa shape index (κ3) is 5.02. The molecule has 0 aliphatic heterocycles. The molecular weight excluding hydrogens is 430 g/mol. The molecule has 4 heteroatoms. The molecule has 0 spiro atoms. The lowest BCUT2D eigenvalue weighted by molar-refractivity contribution is -0.121. The average Bonchev–Trinajstić information content (AvgIpc) is 3.25. The third-order valence-electron chi connectivity index (χ3n) is 6.46. The SMILES string of the molecule is Cc1ccccc1Cn1c(C(C)NC(=O)Cc2ccc(-c3ccccc3)cc2)nc2ccccc21. The van der Waals surface area contributed by atoms with E-state index in [-0.39, 0.29) is 11.9 Å². The van der Waals surface area contributed by atoms with Crippen molar-refractivity contribution in [3.63, 3.8) is 0 Å². The number of carbonyl (C=O) groups is 1. The number of carbonyl (C=O) groups excluding carboxylic acids is 1. The highest BCUT2D eigenvalue weighted by Gasteiger charge is 2.19. The number of para-hydroxylation sites is 2. The van der Waals surface area contributed by atoms with Crippen molar-refractivity contribution in [1.29, 1.82) is 0 Å². The lowest BCUT2D eigenvalue weighted by Gasteiger charge is -2.17. The molecule has 0 aliphatic rings. The summed E-state index contributed by atoms with van der Waals surface area (Å²) in [6.07, 6.45) is 0.331. The molecule has 1 N–H and O–H groups in total. The third-order valence-corrected chi connectivity index (χ3v) is 6.46. The van der Waals surface area contributed by atoms with Gasteiger partial charge in [0.15, 0.2) is 0 Å². The van der Waals surface area contributed by atoms with Gasteiger partial charge in [-0.1, -0.05) is 91.0 Å². The van der Waals surface area contributed by atoms with Crippen LogP contribution in [0.15, 0.2) is 103 Å².